The molecule has 0 aromatic heterocycles. The fraction of sp³-hybridized carbons (Fsp3) is 0.368. The van der Waals surface area contributed by atoms with Gasteiger partial charge < -0.3 is 9.80 Å². The van der Waals surface area contributed by atoms with Gasteiger partial charge in [-0.2, -0.15) is 0 Å². The molecule has 1 aliphatic rings. The SMILES string of the molecule is C=CCN(CC=C)C(=O)C1CC(=O)N(c2ccc(C)cc2C)C1. The molecule has 0 N–H and O–H groups in total. The van der Waals surface area contributed by atoms with Gasteiger partial charge in [0, 0.05) is 31.7 Å². The molecule has 4 heteroatoms. The first-order valence-electron chi connectivity index (χ1n) is 7.86. The van der Waals surface area contributed by atoms with Crippen molar-refractivity contribution in [2.45, 2.75) is 20.3 Å². The predicted octanol–water partition coefficient (Wildman–Crippen LogP) is 2.86. The van der Waals surface area contributed by atoms with Crippen molar-refractivity contribution >= 4 is 17.5 Å². The lowest BCUT2D eigenvalue weighted by molar-refractivity contribution is -0.134. The van der Waals surface area contributed by atoms with E-state index < -0.39 is 0 Å². The Morgan fingerprint density at radius 2 is 1.96 bits per heavy atom. The van der Waals surface area contributed by atoms with Gasteiger partial charge in [-0.1, -0.05) is 29.8 Å². The van der Waals surface area contributed by atoms with Crippen molar-refractivity contribution in [3.63, 3.8) is 0 Å². The molecule has 1 aromatic carbocycles. The summed E-state index contributed by atoms with van der Waals surface area (Å²) < 4.78 is 0. The largest absolute Gasteiger partial charge is 0.335 e. The van der Waals surface area contributed by atoms with Gasteiger partial charge in [0.2, 0.25) is 11.8 Å². The summed E-state index contributed by atoms with van der Waals surface area (Å²) in [6.07, 6.45) is 3.65. The Hall–Kier alpha value is -2.36. The van der Waals surface area contributed by atoms with E-state index in [1.54, 1.807) is 22.0 Å². The number of aryl methyl sites for hydroxylation is 2. The quantitative estimate of drug-likeness (QED) is 0.758. The maximum atomic E-state index is 12.6. The number of carbonyl (C=O) groups is 2. The van der Waals surface area contributed by atoms with Gasteiger partial charge in [0.1, 0.15) is 0 Å². The smallest absolute Gasteiger partial charge is 0.228 e. The maximum absolute atomic E-state index is 12.6. The molecule has 2 rings (SSSR count). The van der Waals surface area contributed by atoms with Crippen molar-refractivity contribution < 1.29 is 9.59 Å². The number of anilines is 1. The van der Waals surface area contributed by atoms with E-state index in [9.17, 15) is 9.59 Å². The third-order valence-electron chi connectivity index (χ3n) is 4.13. The zero-order chi connectivity index (χ0) is 17.0. The van der Waals surface area contributed by atoms with Crippen molar-refractivity contribution in [1.29, 1.82) is 0 Å². The van der Waals surface area contributed by atoms with E-state index in [1.165, 1.54) is 0 Å². The van der Waals surface area contributed by atoms with Crippen LogP contribution >= 0.6 is 0 Å². The summed E-state index contributed by atoms with van der Waals surface area (Å²) in [5.74, 6) is -0.305. The Morgan fingerprint density at radius 1 is 1.30 bits per heavy atom. The van der Waals surface area contributed by atoms with Gasteiger partial charge in [0.25, 0.3) is 0 Å². The van der Waals surface area contributed by atoms with Crippen molar-refractivity contribution in [3.05, 3.63) is 54.6 Å². The molecular weight excluding hydrogens is 288 g/mol. The third kappa shape index (κ3) is 3.70. The van der Waals surface area contributed by atoms with Gasteiger partial charge in [0.05, 0.1) is 5.92 Å². The predicted molar refractivity (Wildman–Crippen MR) is 93.4 cm³/mol. The number of amides is 2. The standard InChI is InChI=1S/C19H24N2O2/c1-5-9-20(10-6-2)19(23)16-12-18(22)21(13-16)17-8-7-14(3)11-15(17)4/h5-8,11,16H,1-2,9-10,12-13H2,3-4H3. The minimum atomic E-state index is -0.303. The summed E-state index contributed by atoms with van der Waals surface area (Å²) in [5.41, 5.74) is 3.11. The second kappa shape index (κ2) is 7.27. The molecule has 0 saturated carbocycles. The molecule has 4 nitrogen and oxygen atoms in total. The average molecular weight is 312 g/mol. The first-order chi connectivity index (χ1) is 11.0. The van der Waals surface area contributed by atoms with Crippen LogP contribution in [0.1, 0.15) is 17.5 Å². The average Bonchev–Trinajstić information content (AvgIpc) is 2.88. The summed E-state index contributed by atoms with van der Waals surface area (Å²) in [7, 11) is 0. The van der Waals surface area contributed by atoms with Gasteiger partial charge in [-0.05, 0) is 25.5 Å². The molecule has 1 atom stereocenters. The zero-order valence-corrected chi connectivity index (χ0v) is 13.9. The minimum Gasteiger partial charge on any atom is -0.335 e. The van der Waals surface area contributed by atoms with E-state index in [2.05, 4.69) is 19.2 Å². The highest BCUT2D eigenvalue weighted by molar-refractivity contribution is 6.00. The van der Waals surface area contributed by atoms with Crippen LogP contribution in [0.3, 0.4) is 0 Å². The highest BCUT2D eigenvalue weighted by atomic mass is 16.2. The van der Waals surface area contributed by atoms with Crippen LogP contribution in [0.5, 0.6) is 0 Å². The fourth-order valence-corrected chi connectivity index (χ4v) is 3.04. The molecule has 23 heavy (non-hydrogen) atoms. The van der Waals surface area contributed by atoms with Gasteiger partial charge in [-0.3, -0.25) is 9.59 Å². The molecule has 1 saturated heterocycles. The Labute approximate surface area is 138 Å². The van der Waals surface area contributed by atoms with E-state index in [-0.39, 0.29) is 24.2 Å². The normalized spacial score (nSPS) is 17.2. The molecule has 1 heterocycles. The van der Waals surface area contributed by atoms with E-state index in [4.69, 9.17) is 0 Å². The number of nitrogens with zero attached hydrogens (tertiary/aromatic N) is 2. The Bertz CT molecular complexity index is 626. The van der Waals surface area contributed by atoms with E-state index >= 15 is 0 Å². The molecule has 0 radical (unpaired) electrons. The number of rotatable bonds is 6. The van der Waals surface area contributed by atoms with Crippen molar-refractivity contribution in [3.8, 4) is 0 Å². The lowest BCUT2D eigenvalue weighted by Gasteiger charge is -2.23. The van der Waals surface area contributed by atoms with Gasteiger partial charge in [-0.15, -0.1) is 13.2 Å². The highest BCUT2D eigenvalue weighted by Crippen LogP contribution is 2.29. The van der Waals surface area contributed by atoms with Crippen molar-refractivity contribution in [2.24, 2.45) is 5.92 Å². The molecular formula is C19H24N2O2. The number of benzene rings is 1. The fourth-order valence-electron chi connectivity index (χ4n) is 3.04. The van der Waals surface area contributed by atoms with Crippen LogP contribution in [0.4, 0.5) is 5.69 Å². The summed E-state index contributed by atoms with van der Waals surface area (Å²) in [5, 5.41) is 0. The highest BCUT2D eigenvalue weighted by Gasteiger charge is 2.37. The molecule has 1 aliphatic heterocycles. The Kier molecular flexibility index (Phi) is 5.37. The first-order valence-corrected chi connectivity index (χ1v) is 7.86. The molecule has 0 aliphatic carbocycles. The number of hydrogen-bond donors (Lipinski definition) is 0. The first kappa shape index (κ1) is 17.0. The summed E-state index contributed by atoms with van der Waals surface area (Å²) in [6.45, 7) is 12.8. The van der Waals surface area contributed by atoms with Gasteiger partial charge >= 0.3 is 0 Å². The van der Waals surface area contributed by atoms with Crippen LogP contribution in [0.25, 0.3) is 0 Å². The Balaban J connectivity index is 2.17. The van der Waals surface area contributed by atoms with Gasteiger partial charge in [0.15, 0.2) is 0 Å². The molecule has 1 aromatic rings. The molecule has 0 bridgehead atoms. The number of hydrogen-bond acceptors (Lipinski definition) is 2. The zero-order valence-electron chi connectivity index (χ0n) is 13.9. The van der Waals surface area contributed by atoms with Crippen LogP contribution in [-0.4, -0.2) is 36.3 Å². The molecule has 1 fully saturated rings. The second-order valence-electron chi connectivity index (χ2n) is 6.02. The van der Waals surface area contributed by atoms with E-state index in [1.807, 2.05) is 26.0 Å². The van der Waals surface area contributed by atoms with Crippen molar-refractivity contribution in [2.75, 3.05) is 24.5 Å². The van der Waals surface area contributed by atoms with E-state index in [0.717, 1.165) is 16.8 Å². The van der Waals surface area contributed by atoms with E-state index in [0.29, 0.717) is 19.6 Å². The topological polar surface area (TPSA) is 40.6 Å². The minimum absolute atomic E-state index is 0.00691. The van der Waals surface area contributed by atoms with Crippen LogP contribution < -0.4 is 4.90 Å². The monoisotopic (exact) mass is 312 g/mol. The lowest BCUT2D eigenvalue weighted by atomic mass is 10.1. The van der Waals surface area contributed by atoms with Crippen LogP contribution in [0.15, 0.2) is 43.5 Å². The number of carbonyl (C=O) groups excluding carboxylic acids is 2. The molecule has 2 amide bonds. The summed E-state index contributed by atoms with van der Waals surface area (Å²) in [4.78, 5) is 28.4. The van der Waals surface area contributed by atoms with Crippen LogP contribution in [0, 0.1) is 19.8 Å². The van der Waals surface area contributed by atoms with Crippen molar-refractivity contribution in [1.82, 2.24) is 4.90 Å². The lowest BCUT2D eigenvalue weighted by Crippen LogP contribution is -2.37. The molecule has 1 unspecified atom stereocenters. The maximum Gasteiger partial charge on any atom is 0.228 e. The molecule has 122 valence electrons. The van der Waals surface area contributed by atoms with Crippen LogP contribution in [0.2, 0.25) is 0 Å². The van der Waals surface area contributed by atoms with Gasteiger partial charge in [-0.25, -0.2) is 0 Å². The Morgan fingerprint density at radius 3 is 2.52 bits per heavy atom. The molecule has 0 spiro atoms. The second-order valence-corrected chi connectivity index (χ2v) is 6.02. The summed E-state index contributed by atoms with van der Waals surface area (Å²) in [6, 6.07) is 6.01. The van der Waals surface area contributed by atoms with Crippen LogP contribution in [-0.2, 0) is 9.59 Å². The third-order valence-corrected chi connectivity index (χ3v) is 4.13. The summed E-state index contributed by atoms with van der Waals surface area (Å²) >= 11 is 0.